The number of hydrogen-bond acceptors (Lipinski definition) is 3. The summed E-state index contributed by atoms with van der Waals surface area (Å²) in [7, 11) is 0. The second-order valence-electron chi connectivity index (χ2n) is 5.10. The summed E-state index contributed by atoms with van der Waals surface area (Å²) in [5, 5.41) is 14.7. The minimum atomic E-state index is -0.0182. The van der Waals surface area contributed by atoms with Crippen LogP contribution < -0.4 is 0 Å². The molecule has 0 saturated carbocycles. The van der Waals surface area contributed by atoms with Crippen LogP contribution in [-0.4, -0.2) is 16.4 Å². The van der Waals surface area contributed by atoms with Gasteiger partial charge in [0.2, 0.25) is 0 Å². The van der Waals surface area contributed by atoms with Gasteiger partial charge in [0.1, 0.15) is 6.07 Å². The SMILES string of the molecule is CCC#Cc1ccc2c(cnn2C2CCCCO2)c1C#N. The fourth-order valence-electron chi connectivity index (χ4n) is 2.68. The molecule has 3 rings (SSSR count). The topological polar surface area (TPSA) is 50.8 Å². The van der Waals surface area contributed by atoms with Crippen LogP contribution in [-0.2, 0) is 4.74 Å². The first kappa shape index (κ1) is 13.7. The molecular weight excluding hydrogens is 262 g/mol. The number of nitrogens with zero attached hydrogens (tertiary/aromatic N) is 3. The Bertz CT molecular complexity index is 752. The second kappa shape index (κ2) is 5.99. The molecule has 1 fully saturated rings. The van der Waals surface area contributed by atoms with Crippen molar-refractivity contribution in [2.75, 3.05) is 6.61 Å². The van der Waals surface area contributed by atoms with Gasteiger partial charge in [0.05, 0.1) is 17.3 Å². The lowest BCUT2D eigenvalue weighted by atomic mass is 10.0. The Kier molecular flexibility index (Phi) is 3.90. The van der Waals surface area contributed by atoms with E-state index in [0.717, 1.165) is 48.8 Å². The third kappa shape index (κ3) is 2.51. The summed E-state index contributed by atoms with van der Waals surface area (Å²) in [6.45, 7) is 2.77. The quantitative estimate of drug-likeness (QED) is 0.752. The predicted octanol–water partition coefficient (Wildman–Crippen LogP) is 3.37. The molecule has 1 aliphatic rings. The molecule has 1 aromatic heterocycles. The van der Waals surface area contributed by atoms with E-state index in [9.17, 15) is 5.26 Å². The average molecular weight is 279 g/mol. The average Bonchev–Trinajstić information content (AvgIpc) is 2.97. The third-order valence-corrected chi connectivity index (χ3v) is 3.72. The van der Waals surface area contributed by atoms with E-state index < -0.39 is 0 Å². The molecule has 4 nitrogen and oxygen atoms in total. The summed E-state index contributed by atoms with van der Waals surface area (Å²) in [5.74, 6) is 6.08. The van der Waals surface area contributed by atoms with Crippen LogP contribution in [0.5, 0.6) is 0 Å². The summed E-state index contributed by atoms with van der Waals surface area (Å²) < 4.78 is 7.68. The highest BCUT2D eigenvalue weighted by atomic mass is 16.5. The fourth-order valence-corrected chi connectivity index (χ4v) is 2.68. The Morgan fingerprint density at radius 1 is 1.43 bits per heavy atom. The number of ether oxygens (including phenoxy) is 1. The molecule has 4 heteroatoms. The van der Waals surface area contributed by atoms with Crippen molar-refractivity contribution in [3.05, 3.63) is 29.5 Å². The number of nitriles is 1. The summed E-state index contributed by atoms with van der Waals surface area (Å²) in [6, 6.07) is 6.16. The Morgan fingerprint density at radius 2 is 2.33 bits per heavy atom. The second-order valence-corrected chi connectivity index (χ2v) is 5.10. The Balaban J connectivity index is 2.09. The first-order chi connectivity index (χ1) is 10.3. The van der Waals surface area contributed by atoms with E-state index in [4.69, 9.17) is 4.74 Å². The highest BCUT2D eigenvalue weighted by Gasteiger charge is 2.20. The summed E-state index contributed by atoms with van der Waals surface area (Å²) in [5.41, 5.74) is 2.33. The standard InChI is InChI=1S/C17H17N3O/c1-2-3-6-13-8-9-16-15(14(13)11-18)12-19-20(16)17-7-4-5-10-21-17/h8-9,12,17H,2,4-5,7,10H2,1H3. The van der Waals surface area contributed by atoms with Crippen molar-refractivity contribution in [2.24, 2.45) is 0 Å². The van der Waals surface area contributed by atoms with Crippen molar-refractivity contribution in [2.45, 2.75) is 38.8 Å². The van der Waals surface area contributed by atoms with Gasteiger partial charge in [0, 0.05) is 24.0 Å². The van der Waals surface area contributed by atoms with Gasteiger partial charge >= 0.3 is 0 Å². The smallest absolute Gasteiger partial charge is 0.150 e. The normalized spacial score (nSPS) is 18.0. The molecule has 21 heavy (non-hydrogen) atoms. The van der Waals surface area contributed by atoms with Gasteiger partial charge in [-0.25, -0.2) is 4.68 Å². The molecule has 106 valence electrons. The van der Waals surface area contributed by atoms with Crippen LogP contribution in [0.25, 0.3) is 10.9 Å². The van der Waals surface area contributed by atoms with Gasteiger partial charge in [-0.1, -0.05) is 18.8 Å². The van der Waals surface area contributed by atoms with E-state index in [1.54, 1.807) is 6.20 Å². The van der Waals surface area contributed by atoms with Crippen molar-refractivity contribution < 1.29 is 4.74 Å². The summed E-state index contributed by atoms with van der Waals surface area (Å²) in [4.78, 5) is 0. The maximum Gasteiger partial charge on any atom is 0.150 e. The fraction of sp³-hybridized carbons (Fsp3) is 0.412. The molecule has 1 aromatic carbocycles. The molecule has 0 amide bonds. The maximum absolute atomic E-state index is 9.45. The molecular formula is C17H17N3O. The van der Waals surface area contributed by atoms with Crippen LogP contribution in [0.2, 0.25) is 0 Å². The van der Waals surface area contributed by atoms with Gasteiger partial charge in [-0.05, 0) is 31.4 Å². The highest BCUT2D eigenvalue weighted by Crippen LogP contribution is 2.28. The van der Waals surface area contributed by atoms with Gasteiger partial charge in [-0.15, -0.1) is 0 Å². The van der Waals surface area contributed by atoms with E-state index in [2.05, 4.69) is 23.0 Å². The van der Waals surface area contributed by atoms with Gasteiger partial charge in [-0.3, -0.25) is 0 Å². The molecule has 0 N–H and O–H groups in total. The lowest BCUT2D eigenvalue weighted by molar-refractivity contribution is -0.0366. The van der Waals surface area contributed by atoms with Crippen LogP contribution >= 0.6 is 0 Å². The van der Waals surface area contributed by atoms with E-state index >= 15 is 0 Å². The lowest BCUT2D eigenvalue weighted by Crippen LogP contribution is -2.18. The first-order valence-corrected chi connectivity index (χ1v) is 7.36. The zero-order valence-corrected chi connectivity index (χ0v) is 12.1. The number of rotatable bonds is 1. The third-order valence-electron chi connectivity index (χ3n) is 3.72. The molecule has 0 aliphatic carbocycles. The molecule has 0 radical (unpaired) electrons. The van der Waals surface area contributed by atoms with Crippen LogP contribution in [0.4, 0.5) is 0 Å². The molecule has 1 saturated heterocycles. The molecule has 0 bridgehead atoms. The van der Waals surface area contributed by atoms with Crippen LogP contribution in [0, 0.1) is 23.2 Å². The zero-order chi connectivity index (χ0) is 14.7. The number of benzene rings is 1. The minimum Gasteiger partial charge on any atom is -0.356 e. The number of aromatic nitrogens is 2. The van der Waals surface area contributed by atoms with E-state index in [1.807, 2.05) is 23.7 Å². The molecule has 2 aromatic rings. The van der Waals surface area contributed by atoms with Gasteiger partial charge in [-0.2, -0.15) is 10.4 Å². The van der Waals surface area contributed by atoms with Gasteiger partial charge < -0.3 is 4.74 Å². The van der Waals surface area contributed by atoms with Crippen molar-refractivity contribution in [3.63, 3.8) is 0 Å². The van der Waals surface area contributed by atoms with Crippen LogP contribution in [0.3, 0.4) is 0 Å². The van der Waals surface area contributed by atoms with E-state index in [-0.39, 0.29) is 6.23 Å². The molecule has 1 atom stereocenters. The van der Waals surface area contributed by atoms with Crippen LogP contribution in [0.1, 0.15) is 50.0 Å². The van der Waals surface area contributed by atoms with Gasteiger partial charge in [0.15, 0.2) is 6.23 Å². The largest absolute Gasteiger partial charge is 0.356 e. The van der Waals surface area contributed by atoms with Gasteiger partial charge in [0.25, 0.3) is 0 Å². The number of fused-ring (bicyclic) bond motifs is 1. The lowest BCUT2D eigenvalue weighted by Gasteiger charge is -2.23. The monoisotopic (exact) mass is 279 g/mol. The molecule has 1 aliphatic heterocycles. The van der Waals surface area contributed by atoms with Crippen molar-refractivity contribution in [1.29, 1.82) is 5.26 Å². The Morgan fingerprint density at radius 3 is 3.05 bits per heavy atom. The molecule has 1 unspecified atom stereocenters. The molecule has 0 spiro atoms. The Hall–Kier alpha value is -2.30. The Labute approximate surface area is 124 Å². The zero-order valence-electron chi connectivity index (χ0n) is 12.1. The first-order valence-electron chi connectivity index (χ1n) is 7.36. The summed E-state index contributed by atoms with van der Waals surface area (Å²) >= 11 is 0. The predicted molar refractivity (Wildman–Crippen MR) is 80.5 cm³/mol. The van der Waals surface area contributed by atoms with E-state index in [0.29, 0.717) is 5.56 Å². The number of hydrogen-bond donors (Lipinski definition) is 0. The minimum absolute atomic E-state index is 0.0182. The van der Waals surface area contributed by atoms with E-state index in [1.165, 1.54) is 0 Å². The molecule has 2 heterocycles. The van der Waals surface area contributed by atoms with Crippen molar-refractivity contribution >= 4 is 10.9 Å². The van der Waals surface area contributed by atoms with Crippen molar-refractivity contribution in [3.8, 4) is 17.9 Å². The van der Waals surface area contributed by atoms with Crippen LogP contribution in [0.15, 0.2) is 18.3 Å². The van der Waals surface area contributed by atoms with Crippen molar-refractivity contribution in [1.82, 2.24) is 9.78 Å². The summed E-state index contributed by atoms with van der Waals surface area (Å²) in [6.07, 6.45) is 5.74. The maximum atomic E-state index is 9.45. The highest BCUT2D eigenvalue weighted by molar-refractivity contribution is 5.87.